The fourth-order valence-corrected chi connectivity index (χ4v) is 3.19. The minimum atomic E-state index is -0.382. The molecule has 80 valence electrons. The summed E-state index contributed by atoms with van der Waals surface area (Å²) in [6, 6.07) is 16.4. The maximum absolute atomic E-state index is 10.2. The van der Waals surface area contributed by atoms with E-state index in [0.29, 0.717) is 6.42 Å². The molecule has 0 amide bonds. The number of fused-ring (bicyclic) bond motifs is 2. The molecule has 0 radical (unpaired) electrons. The van der Waals surface area contributed by atoms with E-state index in [9.17, 15) is 5.11 Å². The summed E-state index contributed by atoms with van der Waals surface area (Å²) in [4.78, 5) is 2.42. The summed E-state index contributed by atoms with van der Waals surface area (Å²) in [5, 5.41) is 10.2. The zero-order valence-corrected chi connectivity index (χ0v) is 9.58. The van der Waals surface area contributed by atoms with E-state index in [-0.39, 0.29) is 6.10 Å². The summed E-state index contributed by atoms with van der Waals surface area (Å²) in [7, 11) is 0. The molecule has 1 atom stereocenters. The van der Waals surface area contributed by atoms with E-state index in [2.05, 4.69) is 18.2 Å². The molecule has 16 heavy (non-hydrogen) atoms. The Kier molecular flexibility index (Phi) is 2.46. The third kappa shape index (κ3) is 1.64. The molecule has 2 aromatic carbocycles. The van der Waals surface area contributed by atoms with Crippen LogP contribution >= 0.6 is 11.8 Å². The van der Waals surface area contributed by atoms with Crippen LogP contribution in [-0.2, 0) is 6.42 Å². The molecule has 0 saturated carbocycles. The fraction of sp³-hybridized carbons (Fsp3) is 0.143. The summed E-state index contributed by atoms with van der Waals surface area (Å²) in [5.74, 6) is 0. The van der Waals surface area contributed by atoms with Gasteiger partial charge in [-0.2, -0.15) is 0 Å². The molecule has 1 nitrogen and oxygen atoms in total. The second-order valence-electron chi connectivity index (χ2n) is 3.97. The summed E-state index contributed by atoms with van der Waals surface area (Å²) in [6.07, 6.45) is 0.326. The van der Waals surface area contributed by atoms with Crippen LogP contribution in [0.15, 0.2) is 58.3 Å². The van der Waals surface area contributed by atoms with Crippen molar-refractivity contribution >= 4 is 11.8 Å². The Hall–Kier alpha value is -1.25. The van der Waals surface area contributed by atoms with Crippen molar-refractivity contribution in [1.82, 2.24) is 0 Å². The number of hydrogen-bond donors (Lipinski definition) is 1. The lowest BCUT2D eigenvalue weighted by molar-refractivity contribution is 0.175. The number of hydrogen-bond acceptors (Lipinski definition) is 2. The smallest absolute Gasteiger partial charge is 0.0841 e. The van der Waals surface area contributed by atoms with Gasteiger partial charge in [-0.15, -0.1) is 0 Å². The van der Waals surface area contributed by atoms with Crippen LogP contribution in [0.4, 0.5) is 0 Å². The maximum Gasteiger partial charge on any atom is 0.0841 e. The average Bonchev–Trinajstić information content (AvgIpc) is 2.45. The van der Waals surface area contributed by atoms with Gasteiger partial charge in [0, 0.05) is 16.2 Å². The van der Waals surface area contributed by atoms with Crippen LogP contribution in [0.5, 0.6) is 0 Å². The van der Waals surface area contributed by atoms with Gasteiger partial charge in [0.2, 0.25) is 0 Å². The Labute approximate surface area is 99.1 Å². The lowest BCUT2D eigenvalue weighted by atomic mass is 10.0. The van der Waals surface area contributed by atoms with Gasteiger partial charge in [-0.1, -0.05) is 48.2 Å². The van der Waals surface area contributed by atoms with E-state index in [1.165, 1.54) is 15.4 Å². The first-order chi connectivity index (χ1) is 7.84. The molecule has 0 saturated heterocycles. The first kappa shape index (κ1) is 9.94. The highest BCUT2D eigenvalue weighted by Crippen LogP contribution is 2.40. The predicted octanol–water partition coefficient (Wildman–Crippen LogP) is 3.43. The van der Waals surface area contributed by atoms with Crippen molar-refractivity contribution < 1.29 is 5.11 Å². The Morgan fingerprint density at radius 2 is 1.62 bits per heavy atom. The van der Waals surface area contributed by atoms with Crippen molar-refractivity contribution in [3.8, 4) is 0 Å². The quantitative estimate of drug-likeness (QED) is 0.745. The number of aliphatic hydroxyl groups is 1. The molecular weight excluding hydrogens is 216 g/mol. The summed E-state index contributed by atoms with van der Waals surface area (Å²) in [5.41, 5.74) is 2.28. The molecule has 0 aliphatic carbocycles. The van der Waals surface area contributed by atoms with E-state index in [4.69, 9.17) is 0 Å². The lowest BCUT2D eigenvalue weighted by Crippen LogP contribution is -2.00. The minimum absolute atomic E-state index is 0.382. The lowest BCUT2D eigenvalue weighted by Gasteiger charge is -2.10. The largest absolute Gasteiger partial charge is 0.388 e. The molecule has 1 aliphatic rings. The maximum atomic E-state index is 10.2. The highest BCUT2D eigenvalue weighted by atomic mass is 32.2. The summed E-state index contributed by atoms with van der Waals surface area (Å²) in [6.45, 7) is 0. The van der Waals surface area contributed by atoms with Crippen molar-refractivity contribution in [3.05, 3.63) is 59.7 Å². The van der Waals surface area contributed by atoms with E-state index >= 15 is 0 Å². The van der Waals surface area contributed by atoms with Crippen molar-refractivity contribution in [3.63, 3.8) is 0 Å². The zero-order chi connectivity index (χ0) is 11.0. The summed E-state index contributed by atoms with van der Waals surface area (Å²) < 4.78 is 0. The number of rotatable bonds is 0. The molecule has 1 heterocycles. The van der Waals surface area contributed by atoms with E-state index in [0.717, 1.165) is 5.56 Å². The Morgan fingerprint density at radius 1 is 0.938 bits per heavy atom. The SMILES string of the molecule is O[C@H]1Cc2ccccc2Sc2ccccc21. The van der Waals surface area contributed by atoms with Crippen LogP contribution < -0.4 is 0 Å². The molecular formula is C14H12OS. The van der Waals surface area contributed by atoms with Gasteiger partial charge in [-0.3, -0.25) is 0 Å². The molecule has 0 bridgehead atoms. The fourth-order valence-electron chi connectivity index (χ4n) is 2.06. The zero-order valence-electron chi connectivity index (χ0n) is 8.76. The summed E-state index contributed by atoms with van der Waals surface area (Å²) >= 11 is 1.75. The van der Waals surface area contributed by atoms with Crippen LogP contribution in [0.1, 0.15) is 17.2 Å². The third-order valence-electron chi connectivity index (χ3n) is 2.88. The van der Waals surface area contributed by atoms with Crippen molar-refractivity contribution in [1.29, 1.82) is 0 Å². The Bertz CT molecular complexity index is 522. The minimum Gasteiger partial charge on any atom is -0.388 e. The predicted molar refractivity (Wildman–Crippen MR) is 65.7 cm³/mol. The van der Waals surface area contributed by atoms with Crippen molar-refractivity contribution in [2.45, 2.75) is 22.3 Å². The van der Waals surface area contributed by atoms with Gasteiger partial charge in [0.05, 0.1) is 6.10 Å². The molecule has 2 aromatic rings. The second-order valence-corrected chi connectivity index (χ2v) is 5.05. The van der Waals surface area contributed by atoms with Gasteiger partial charge >= 0.3 is 0 Å². The molecule has 2 heteroatoms. The normalized spacial score (nSPS) is 18.4. The Morgan fingerprint density at radius 3 is 2.50 bits per heavy atom. The highest BCUT2D eigenvalue weighted by molar-refractivity contribution is 7.99. The molecule has 3 rings (SSSR count). The molecule has 1 N–H and O–H groups in total. The molecule has 1 aliphatic heterocycles. The van der Waals surface area contributed by atoms with Crippen LogP contribution in [0.2, 0.25) is 0 Å². The molecule has 0 spiro atoms. The third-order valence-corrected chi connectivity index (χ3v) is 4.09. The number of benzene rings is 2. The van der Waals surface area contributed by atoms with E-state index < -0.39 is 0 Å². The van der Waals surface area contributed by atoms with Gasteiger partial charge in [-0.05, 0) is 23.3 Å². The molecule has 0 aromatic heterocycles. The van der Waals surface area contributed by atoms with Gasteiger partial charge in [0.1, 0.15) is 0 Å². The second kappa shape index (κ2) is 3.96. The van der Waals surface area contributed by atoms with Crippen LogP contribution in [-0.4, -0.2) is 5.11 Å². The molecule has 0 unspecified atom stereocenters. The van der Waals surface area contributed by atoms with E-state index in [1.807, 2.05) is 30.3 Å². The van der Waals surface area contributed by atoms with Gasteiger partial charge in [-0.25, -0.2) is 0 Å². The Balaban J connectivity index is 2.15. The van der Waals surface area contributed by atoms with Gasteiger partial charge in [0.15, 0.2) is 0 Å². The van der Waals surface area contributed by atoms with Gasteiger partial charge in [0.25, 0.3) is 0 Å². The van der Waals surface area contributed by atoms with Gasteiger partial charge < -0.3 is 5.11 Å². The first-order valence-corrected chi connectivity index (χ1v) is 6.19. The van der Waals surface area contributed by atoms with Crippen LogP contribution in [0.3, 0.4) is 0 Å². The van der Waals surface area contributed by atoms with Crippen molar-refractivity contribution in [2.75, 3.05) is 0 Å². The molecule has 0 fully saturated rings. The highest BCUT2D eigenvalue weighted by Gasteiger charge is 2.19. The standard InChI is InChI=1S/C14H12OS/c15-12-9-10-5-1-3-7-13(10)16-14-8-4-2-6-11(12)14/h1-8,12,15H,9H2/t12-/m0/s1. The number of aliphatic hydroxyl groups excluding tert-OH is 1. The van der Waals surface area contributed by atoms with E-state index in [1.54, 1.807) is 11.8 Å². The van der Waals surface area contributed by atoms with Crippen LogP contribution in [0.25, 0.3) is 0 Å². The first-order valence-electron chi connectivity index (χ1n) is 5.37. The van der Waals surface area contributed by atoms with Crippen LogP contribution in [0, 0.1) is 0 Å². The van der Waals surface area contributed by atoms with Crippen molar-refractivity contribution in [2.24, 2.45) is 0 Å². The topological polar surface area (TPSA) is 20.2 Å². The monoisotopic (exact) mass is 228 g/mol. The average molecular weight is 228 g/mol.